The monoisotopic (exact) mass is 354 g/mol. The maximum Gasteiger partial charge on any atom is 0.127 e. The predicted molar refractivity (Wildman–Crippen MR) is 87.8 cm³/mol. The summed E-state index contributed by atoms with van der Waals surface area (Å²) < 4.78 is 14.9. The summed E-state index contributed by atoms with van der Waals surface area (Å²) in [4.78, 5) is 2.60. The Labute approximate surface area is 135 Å². The number of benzene rings is 1. The molecule has 1 aliphatic heterocycles. The molecule has 0 amide bonds. The molecule has 0 bridgehead atoms. The molecule has 2 aliphatic rings. The maximum absolute atomic E-state index is 14.1. The number of nitrogens with zero attached hydrogens (tertiary/aromatic N) is 1. The standard InChI is InChI=1S/C17H24BrFN2/c18-14-6-5-13(15(19)12-14)11-16(20)17(7-1-2-8-17)21-9-3-4-10-21/h5-6,12,16H,1-4,7-11,20H2. The van der Waals surface area contributed by atoms with Gasteiger partial charge in [0.1, 0.15) is 5.82 Å². The van der Waals surface area contributed by atoms with Crippen LogP contribution in [-0.2, 0) is 6.42 Å². The molecule has 0 spiro atoms. The van der Waals surface area contributed by atoms with Crippen molar-refractivity contribution >= 4 is 15.9 Å². The van der Waals surface area contributed by atoms with E-state index in [1.54, 1.807) is 6.07 Å². The number of rotatable bonds is 4. The average molecular weight is 355 g/mol. The van der Waals surface area contributed by atoms with E-state index in [1.165, 1.54) is 38.5 Å². The third-order valence-electron chi connectivity index (χ3n) is 5.35. The van der Waals surface area contributed by atoms with Crippen LogP contribution in [0.4, 0.5) is 4.39 Å². The van der Waals surface area contributed by atoms with Gasteiger partial charge in [-0.2, -0.15) is 0 Å². The fraction of sp³-hybridized carbons (Fsp3) is 0.647. The summed E-state index contributed by atoms with van der Waals surface area (Å²) in [6.07, 6.45) is 8.05. The summed E-state index contributed by atoms with van der Waals surface area (Å²) in [5.41, 5.74) is 7.47. The molecule has 1 aromatic rings. The molecule has 4 heteroatoms. The second kappa shape index (κ2) is 6.35. The molecule has 0 aromatic heterocycles. The van der Waals surface area contributed by atoms with Crippen LogP contribution < -0.4 is 5.73 Å². The first-order valence-electron chi connectivity index (χ1n) is 8.06. The number of hydrogen-bond donors (Lipinski definition) is 1. The van der Waals surface area contributed by atoms with Crippen molar-refractivity contribution in [1.82, 2.24) is 4.90 Å². The van der Waals surface area contributed by atoms with Gasteiger partial charge in [0, 0.05) is 16.1 Å². The Morgan fingerprint density at radius 1 is 1.19 bits per heavy atom. The lowest BCUT2D eigenvalue weighted by Crippen LogP contribution is -2.58. The minimum absolute atomic E-state index is 0.0220. The van der Waals surface area contributed by atoms with E-state index in [4.69, 9.17) is 5.73 Å². The zero-order chi connectivity index (χ0) is 14.9. The van der Waals surface area contributed by atoms with Crippen molar-refractivity contribution in [3.8, 4) is 0 Å². The highest BCUT2D eigenvalue weighted by Crippen LogP contribution is 2.40. The van der Waals surface area contributed by atoms with E-state index < -0.39 is 0 Å². The summed E-state index contributed by atoms with van der Waals surface area (Å²) in [5.74, 6) is -0.144. The second-order valence-electron chi connectivity index (χ2n) is 6.55. The Balaban J connectivity index is 1.79. The highest BCUT2D eigenvalue weighted by Gasteiger charge is 2.45. The molecule has 1 aromatic carbocycles. The molecule has 1 heterocycles. The van der Waals surface area contributed by atoms with Gasteiger partial charge in [-0.1, -0.05) is 34.8 Å². The topological polar surface area (TPSA) is 29.3 Å². The van der Waals surface area contributed by atoms with Crippen molar-refractivity contribution in [3.05, 3.63) is 34.1 Å². The van der Waals surface area contributed by atoms with Crippen molar-refractivity contribution in [2.45, 2.75) is 56.5 Å². The van der Waals surface area contributed by atoms with Gasteiger partial charge in [-0.05, 0) is 62.9 Å². The van der Waals surface area contributed by atoms with Crippen LogP contribution in [0, 0.1) is 5.82 Å². The fourth-order valence-corrected chi connectivity index (χ4v) is 4.52. The Hall–Kier alpha value is -0.450. The zero-order valence-electron chi connectivity index (χ0n) is 12.5. The Kier molecular flexibility index (Phi) is 4.67. The van der Waals surface area contributed by atoms with Crippen LogP contribution in [0.1, 0.15) is 44.1 Å². The molecular weight excluding hydrogens is 331 g/mol. The predicted octanol–water partition coefficient (Wildman–Crippen LogP) is 3.87. The zero-order valence-corrected chi connectivity index (χ0v) is 14.0. The van der Waals surface area contributed by atoms with E-state index in [0.717, 1.165) is 23.1 Å². The molecule has 116 valence electrons. The molecule has 2 nitrogen and oxygen atoms in total. The third kappa shape index (κ3) is 3.03. The summed E-state index contributed by atoms with van der Waals surface area (Å²) in [6.45, 7) is 2.33. The van der Waals surface area contributed by atoms with Gasteiger partial charge in [0.25, 0.3) is 0 Å². The van der Waals surface area contributed by atoms with E-state index in [-0.39, 0.29) is 17.4 Å². The van der Waals surface area contributed by atoms with Gasteiger partial charge in [-0.3, -0.25) is 4.90 Å². The minimum Gasteiger partial charge on any atom is -0.326 e. The first-order chi connectivity index (χ1) is 10.1. The lowest BCUT2D eigenvalue weighted by atomic mass is 9.83. The molecule has 2 fully saturated rings. The molecule has 3 rings (SSSR count). The van der Waals surface area contributed by atoms with Crippen LogP contribution >= 0.6 is 15.9 Å². The smallest absolute Gasteiger partial charge is 0.127 e. The van der Waals surface area contributed by atoms with Crippen molar-refractivity contribution in [3.63, 3.8) is 0 Å². The van der Waals surface area contributed by atoms with Gasteiger partial charge in [-0.15, -0.1) is 0 Å². The normalized spacial score (nSPS) is 23.6. The summed E-state index contributed by atoms with van der Waals surface area (Å²) in [7, 11) is 0. The molecule has 1 saturated heterocycles. The first kappa shape index (κ1) is 15.4. The summed E-state index contributed by atoms with van der Waals surface area (Å²) in [5, 5.41) is 0. The molecule has 1 atom stereocenters. The molecule has 1 aliphatic carbocycles. The van der Waals surface area contributed by atoms with Gasteiger partial charge in [0.2, 0.25) is 0 Å². The van der Waals surface area contributed by atoms with E-state index in [0.29, 0.717) is 6.42 Å². The highest BCUT2D eigenvalue weighted by atomic mass is 79.9. The van der Waals surface area contributed by atoms with Gasteiger partial charge in [-0.25, -0.2) is 4.39 Å². The SMILES string of the molecule is NC(Cc1ccc(Br)cc1F)C1(N2CCCC2)CCCC1. The van der Waals surface area contributed by atoms with Crippen molar-refractivity contribution in [2.75, 3.05) is 13.1 Å². The Morgan fingerprint density at radius 3 is 2.48 bits per heavy atom. The summed E-state index contributed by atoms with van der Waals surface area (Å²) >= 11 is 3.31. The van der Waals surface area contributed by atoms with Crippen LogP contribution in [0.25, 0.3) is 0 Å². The van der Waals surface area contributed by atoms with Crippen LogP contribution in [0.2, 0.25) is 0 Å². The molecule has 2 N–H and O–H groups in total. The average Bonchev–Trinajstić information content (AvgIpc) is 3.11. The van der Waals surface area contributed by atoms with Crippen molar-refractivity contribution in [2.24, 2.45) is 5.73 Å². The third-order valence-corrected chi connectivity index (χ3v) is 5.84. The minimum atomic E-state index is -0.144. The molecule has 1 saturated carbocycles. The van der Waals surface area contributed by atoms with Crippen molar-refractivity contribution in [1.29, 1.82) is 0 Å². The number of halogens is 2. The van der Waals surface area contributed by atoms with Crippen LogP contribution in [0.15, 0.2) is 22.7 Å². The summed E-state index contributed by atoms with van der Waals surface area (Å²) in [6, 6.07) is 5.33. The lowest BCUT2D eigenvalue weighted by molar-refractivity contribution is 0.0918. The first-order valence-corrected chi connectivity index (χ1v) is 8.86. The van der Waals surface area contributed by atoms with Gasteiger partial charge >= 0.3 is 0 Å². The molecule has 0 radical (unpaired) electrons. The van der Waals surface area contributed by atoms with Crippen LogP contribution in [0.5, 0.6) is 0 Å². The fourth-order valence-electron chi connectivity index (χ4n) is 4.19. The van der Waals surface area contributed by atoms with E-state index in [9.17, 15) is 4.39 Å². The lowest BCUT2D eigenvalue weighted by Gasteiger charge is -2.43. The highest BCUT2D eigenvalue weighted by molar-refractivity contribution is 9.10. The number of hydrogen-bond acceptors (Lipinski definition) is 2. The molecule has 21 heavy (non-hydrogen) atoms. The Bertz CT molecular complexity index is 494. The maximum atomic E-state index is 14.1. The number of nitrogens with two attached hydrogens (primary N) is 1. The number of likely N-dealkylation sites (tertiary alicyclic amines) is 1. The quantitative estimate of drug-likeness (QED) is 0.889. The van der Waals surface area contributed by atoms with Gasteiger partial charge < -0.3 is 5.73 Å². The second-order valence-corrected chi connectivity index (χ2v) is 7.47. The van der Waals surface area contributed by atoms with E-state index in [1.807, 2.05) is 12.1 Å². The van der Waals surface area contributed by atoms with Gasteiger partial charge in [0.05, 0.1) is 0 Å². The molecule has 1 unspecified atom stereocenters. The Morgan fingerprint density at radius 2 is 1.86 bits per heavy atom. The van der Waals surface area contributed by atoms with Crippen LogP contribution in [0.3, 0.4) is 0 Å². The van der Waals surface area contributed by atoms with Gasteiger partial charge in [0.15, 0.2) is 0 Å². The van der Waals surface area contributed by atoms with Crippen molar-refractivity contribution < 1.29 is 4.39 Å². The largest absolute Gasteiger partial charge is 0.326 e. The van der Waals surface area contributed by atoms with Crippen LogP contribution in [-0.4, -0.2) is 29.6 Å². The van der Waals surface area contributed by atoms with E-state index in [2.05, 4.69) is 20.8 Å². The molecular formula is C17H24BrFN2. The van der Waals surface area contributed by atoms with E-state index >= 15 is 0 Å².